The van der Waals surface area contributed by atoms with Crippen molar-refractivity contribution in [2.24, 2.45) is 0 Å². The predicted octanol–water partition coefficient (Wildman–Crippen LogP) is 1.81. The lowest BCUT2D eigenvalue weighted by Gasteiger charge is -2.03. The minimum Gasteiger partial charge on any atom is -0.458 e. The fourth-order valence-electron chi connectivity index (χ4n) is 1.50. The van der Waals surface area contributed by atoms with Crippen LogP contribution in [0.3, 0.4) is 0 Å². The second-order valence-corrected chi connectivity index (χ2v) is 3.86. The molecule has 0 saturated carbocycles. The molecule has 2 aromatic rings. The van der Waals surface area contributed by atoms with Crippen LogP contribution in [0, 0.1) is 6.57 Å². The van der Waals surface area contributed by atoms with E-state index in [2.05, 4.69) is 4.85 Å². The van der Waals surface area contributed by atoms with E-state index in [-0.39, 0.29) is 19.2 Å². The minimum atomic E-state index is -0.373. The van der Waals surface area contributed by atoms with Gasteiger partial charge in [-0.1, -0.05) is 18.2 Å². The lowest BCUT2D eigenvalue weighted by Crippen LogP contribution is -2.43. The van der Waals surface area contributed by atoms with Crippen LogP contribution in [0.1, 0.15) is 10.4 Å². The van der Waals surface area contributed by atoms with Crippen molar-refractivity contribution < 1.29 is 19.1 Å². The third kappa shape index (κ3) is 3.82. The SMILES string of the molecule is [C-]#[N+]c1cc[n+](OCCOC(=O)c2ccccc2)cc1. The highest BCUT2D eigenvalue weighted by molar-refractivity contribution is 5.89. The Kier molecular flexibility index (Phi) is 4.68. The van der Waals surface area contributed by atoms with E-state index in [1.54, 1.807) is 48.8 Å². The maximum atomic E-state index is 11.6. The molecule has 0 unspecified atom stereocenters. The molecule has 0 fully saturated rings. The highest BCUT2D eigenvalue weighted by Gasteiger charge is 2.07. The molecule has 0 aliphatic rings. The Balaban J connectivity index is 1.74. The van der Waals surface area contributed by atoms with Gasteiger partial charge in [-0.3, -0.25) is 4.84 Å². The molecule has 1 aromatic carbocycles. The molecular weight excluding hydrogens is 256 g/mol. The third-order valence-electron chi connectivity index (χ3n) is 2.48. The van der Waals surface area contributed by atoms with Gasteiger partial charge in [0, 0.05) is 16.9 Å². The second-order valence-electron chi connectivity index (χ2n) is 3.86. The maximum absolute atomic E-state index is 11.6. The van der Waals surface area contributed by atoms with Crippen molar-refractivity contribution in [2.45, 2.75) is 0 Å². The first-order valence-electron chi connectivity index (χ1n) is 6.04. The zero-order valence-corrected chi connectivity index (χ0v) is 10.7. The van der Waals surface area contributed by atoms with Gasteiger partial charge in [0.1, 0.15) is 6.61 Å². The highest BCUT2D eigenvalue weighted by atomic mass is 16.7. The summed E-state index contributed by atoms with van der Waals surface area (Å²) in [4.78, 5) is 20.2. The number of hydrogen-bond donors (Lipinski definition) is 0. The number of hydrogen-bond acceptors (Lipinski definition) is 3. The van der Waals surface area contributed by atoms with Gasteiger partial charge < -0.3 is 4.74 Å². The van der Waals surface area contributed by atoms with Crippen LogP contribution in [-0.4, -0.2) is 19.2 Å². The van der Waals surface area contributed by atoms with Crippen LogP contribution in [0.2, 0.25) is 0 Å². The summed E-state index contributed by atoms with van der Waals surface area (Å²) in [6.07, 6.45) is 3.26. The molecule has 0 spiro atoms. The van der Waals surface area contributed by atoms with Crippen LogP contribution in [0.15, 0.2) is 54.9 Å². The summed E-state index contributed by atoms with van der Waals surface area (Å²) in [7, 11) is 0. The Labute approximate surface area is 116 Å². The maximum Gasteiger partial charge on any atom is 0.338 e. The molecule has 0 aliphatic heterocycles. The molecule has 0 bridgehead atoms. The number of carbonyl (C=O) groups is 1. The molecule has 0 saturated heterocycles. The van der Waals surface area contributed by atoms with Gasteiger partial charge in [-0.2, -0.15) is 0 Å². The van der Waals surface area contributed by atoms with Crippen molar-refractivity contribution in [2.75, 3.05) is 13.2 Å². The van der Waals surface area contributed by atoms with Crippen LogP contribution in [0.25, 0.3) is 4.85 Å². The third-order valence-corrected chi connectivity index (χ3v) is 2.48. The number of benzene rings is 1. The summed E-state index contributed by atoms with van der Waals surface area (Å²) in [5.74, 6) is -0.373. The van der Waals surface area contributed by atoms with Crippen molar-refractivity contribution in [1.29, 1.82) is 0 Å². The number of esters is 1. The summed E-state index contributed by atoms with van der Waals surface area (Å²) in [6.45, 7) is 7.22. The fourth-order valence-corrected chi connectivity index (χ4v) is 1.50. The Morgan fingerprint density at radius 1 is 1.10 bits per heavy atom. The van der Waals surface area contributed by atoms with E-state index >= 15 is 0 Å². The number of aromatic nitrogens is 1. The minimum absolute atomic E-state index is 0.158. The molecule has 5 nitrogen and oxygen atoms in total. The molecule has 5 heteroatoms. The van der Waals surface area contributed by atoms with Crippen molar-refractivity contribution in [3.63, 3.8) is 0 Å². The van der Waals surface area contributed by atoms with Crippen molar-refractivity contribution in [3.05, 3.63) is 71.8 Å². The topological polar surface area (TPSA) is 43.8 Å². The zero-order chi connectivity index (χ0) is 14.2. The fraction of sp³-hybridized carbons (Fsp3) is 0.133. The van der Waals surface area contributed by atoms with E-state index in [9.17, 15) is 4.79 Å². The largest absolute Gasteiger partial charge is 0.458 e. The molecule has 0 N–H and O–H groups in total. The van der Waals surface area contributed by atoms with E-state index in [0.717, 1.165) is 0 Å². The van der Waals surface area contributed by atoms with Crippen LogP contribution in [-0.2, 0) is 4.74 Å². The lowest BCUT2D eigenvalue weighted by atomic mass is 10.2. The first kappa shape index (κ1) is 13.6. The Morgan fingerprint density at radius 3 is 2.45 bits per heavy atom. The molecule has 0 aliphatic carbocycles. The molecule has 2 rings (SSSR count). The van der Waals surface area contributed by atoms with Crippen LogP contribution in [0.4, 0.5) is 5.69 Å². The summed E-state index contributed by atoms with van der Waals surface area (Å²) >= 11 is 0. The van der Waals surface area contributed by atoms with Crippen molar-refractivity contribution in [3.8, 4) is 0 Å². The molecule has 0 radical (unpaired) electrons. The summed E-state index contributed by atoms with van der Waals surface area (Å²) in [5.41, 5.74) is 1.06. The number of ether oxygens (including phenoxy) is 1. The molecular formula is C15H13N2O3+. The van der Waals surface area contributed by atoms with Gasteiger partial charge in [-0.15, -0.1) is 0 Å². The van der Waals surface area contributed by atoms with Crippen LogP contribution >= 0.6 is 0 Å². The Bertz CT molecular complexity index is 603. The van der Waals surface area contributed by atoms with Gasteiger partial charge in [-0.05, 0) is 12.1 Å². The standard InChI is InChI=1S/C15H13N2O3/c1-16-14-7-9-17(10-8-14)20-12-11-19-15(18)13-5-3-2-4-6-13/h2-10H,11-12H2/q+1. The van der Waals surface area contributed by atoms with E-state index in [4.69, 9.17) is 16.1 Å². The smallest absolute Gasteiger partial charge is 0.338 e. The quantitative estimate of drug-likeness (QED) is 0.360. The van der Waals surface area contributed by atoms with Crippen molar-refractivity contribution in [1.82, 2.24) is 0 Å². The molecule has 100 valence electrons. The number of nitrogens with zero attached hydrogens (tertiary/aromatic N) is 2. The monoisotopic (exact) mass is 269 g/mol. The normalized spacial score (nSPS) is 9.55. The molecule has 1 heterocycles. The number of pyridine rings is 1. The van der Waals surface area contributed by atoms with E-state index < -0.39 is 0 Å². The van der Waals surface area contributed by atoms with Crippen LogP contribution < -0.4 is 9.57 Å². The average Bonchev–Trinajstić information content (AvgIpc) is 2.53. The summed E-state index contributed by atoms with van der Waals surface area (Å²) < 4.78 is 6.53. The summed E-state index contributed by atoms with van der Waals surface area (Å²) in [5, 5.41) is 0. The van der Waals surface area contributed by atoms with Gasteiger partial charge >= 0.3 is 5.97 Å². The second kappa shape index (κ2) is 6.90. The first-order valence-corrected chi connectivity index (χ1v) is 6.04. The van der Waals surface area contributed by atoms with Gasteiger partial charge in [0.25, 0.3) is 0 Å². The first-order chi connectivity index (χ1) is 9.79. The van der Waals surface area contributed by atoms with E-state index in [1.165, 1.54) is 4.73 Å². The van der Waals surface area contributed by atoms with Gasteiger partial charge in [0.05, 0.1) is 12.1 Å². The van der Waals surface area contributed by atoms with Gasteiger partial charge in [-0.25, -0.2) is 9.64 Å². The molecule has 1 aromatic heterocycles. The van der Waals surface area contributed by atoms with Gasteiger partial charge in [0.2, 0.25) is 12.4 Å². The van der Waals surface area contributed by atoms with E-state index in [1.807, 2.05) is 6.07 Å². The number of rotatable bonds is 5. The molecule has 20 heavy (non-hydrogen) atoms. The molecule has 0 atom stereocenters. The number of carbonyl (C=O) groups excluding carboxylic acids is 1. The van der Waals surface area contributed by atoms with Gasteiger partial charge in [0.15, 0.2) is 12.3 Å². The van der Waals surface area contributed by atoms with E-state index in [0.29, 0.717) is 11.3 Å². The molecule has 0 amide bonds. The zero-order valence-electron chi connectivity index (χ0n) is 10.7. The Hall–Kier alpha value is -2.87. The van der Waals surface area contributed by atoms with Crippen LogP contribution in [0.5, 0.6) is 0 Å². The van der Waals surface area contributed by atoms with Crippen molar-refractivity contribution >= 4 is 11.7 Å². The predicted molar refractivity (Wildman–Crippen MR) is 71.1 cm³/mol. The highest BCUT2D eigenvalue weighted by Crippen LogP contribution is 2.05. The Morgan fingerprint density at radius 2 is 1.80 bits per heavy atom. The average molecular weight is 269 g/mol. The lowest BCUT2D eigenvalue weighted by molar-refractivity contribution is -0.891. The summed E-state index contributed by atoms with van der Waals surface area (Å²) in [6, 6.07) is 12.1.